The van der Waals surface area contributed by atoms with Gasteiger partial charge in [0, 0.05) is 44.3 Å². The second-order valence-corrected chi connectivity index (χ2v) is 23.8. The smallest absolute Gasteiger partial charge is 0.419 e. The van der Waals surface area contributed by atoms with Crippen LogP contribution in [0.1, 0.15) is 63.7 Å². The van der Waals surface area contributed by atoms with Crippen LogP contribution in [0.2, 0.25) is 20.1 Å². The van der Waals surface area contributed by atoms with E-state index in [2.05, 4.69) is 22.7 Å². The molecule has 0 bridgehead atoms. The third-order valence-corrected chi connectivity index (χ3v) is 14.5. The normalized spacial score (nSPS) is 10.7. The van der Waals surface area contributed by atoms with Gasteiger partial charge in [0.05, 0.1) is 48.8 Å². The largest absolute Gasteiger partial charge is 0.508 e. The zero-order valence-corrected chi connectivity index (χ0v) is 59.3. The SMILES string of the molecule is C=N.Cc1cc(NC(=O)COc2ccc(-c3cc4ccccc4n3C(=O)OC(C)(C)C)cc2)ccc1Cl.Nc1ccc(Cl)c(C(F)(F)F)c1.O=C(CCl)Nc1ccc(Cl)c(C(F)(F)F)c1.O=C(Cl)CCl.O=Cc1ccc(O)cc1.O=Cc1ccc(OCC(=O)Nc2ccc(Cl)c(C(F)(F)F)c2)cc1. The van der Waals surface area contributed by atoms with E-state index in [0.717, 1.165) is 64.7 Å². The molecule has 0 unspecified atom stereocenters. The van der Waals surface area contributed by atoms with E-state index < -0.39 is 80.6 Å². The van der Waals surface area contributed by atoms with Gasteiger partial charge in [-0.3, -0.25) is 28.8 Å². The molecule has 0 aliphatic heterocycles. The summed E-state index contributed by atoms with van der Waals surface area (Å²) in [6, 6.07) is 43.6. The van der Waals surface area contributed by atoms with Crippen molar-refractivity contribution in [2.75, 3.05) is 46.7 Å². The summed E-state index contributed by atoms with van der Waals surface area (Å²) in [6.07, 6.45) is -12.7. The number of halogens is 16. The number of aromatic nitrogens is 1. The van der Waals surface area contributed by atoms with Crippen LogP contribution in [-0.4, -0.2) is 88.6 Å². The van der Waals surface area contributed by atoms with Gasteiger partial charge in [0.15, 0.2) is 13.2 Å². The molecule has 548 valence electrons. The summed E-state index contributed by atoms with van der Waals surface area (Å²) < 4.78 is 130. The summed E-state index contributed by atoms with van der Waals surface area (Å²) in [5, 5.41) is 21.4. The van der Waals surface area contributed by atoms with Crippen molar-refractivity contribution in [1.29, 1.82) is 5.41 Å². The Morgan fingerprint density at radius 2 is 0.922 bits per heavy atom. The molecule has 8 aromatic carbocycles. The standard InChI is InChI=1S/C28H27ClN2O4.C16H11ClF3NO3.C9H6Cl2F3NO.C7H5ClF3N.C7H6O2.C2H2Cl2O.CH3N/c1-18-15-21(11-14-23(18)29)30-26(32)17-34-22-12-9-19(10-13-22)25-16-20-7-5-6-8-24(20)31(25)27(33)35-28(2,3)4;17-14-6-3-11(7-13(14)16(18,19)20)21-15(23)9-24-12-4-1-10(8-22)2-5-12;10-4-8(16)15-5-1-2-7(11)6(3-5)9(12,13)14;8-6-2-1-4(12)3-5(6)7(9,10)11;8-5-6-1-3-7(9)4-2-6;3-1-2(4)5;1-2/h5-16H,17H2,1-4H3,(H,30,32);1-8H,9H2,(H,21,23);1-3H,4H2,(H,15,16);1-3H,12H2;1-5,9H;1H2;2H,1H2. The number of nitrogen functional groups attached to an aromatic ring is 1. The number of hydrogen-bond donors (Lipinski definition) is 6. The molecule has 0 fully saturated rings. The Morgan fingerprint density at radius 1 is 0.534 bits per heavy atom. The van der Waals surface area contributed by atoms with E-state index in [9.17, 15) is 73.1 Å². The first-order valence-electron chi connectivity index (χ1n) is 28.9. The van der Waals surface area contributed by atoms with Gasteiger partial charge >= 0.3 is 24.6 Å². The lowest BCUT2D eigenvalue weighted by molar-refractivity contribution is -0.138. The van der Waals surface area contributed by atoms with Gasteiger partial charge in [-0.2, -0.15) is 39.5 Å². The van der Waals surface area contributed by atoms with Crippen LogP contribution in [-0.2, 0) is 42.4 Å². The molecule has 0 radical (unpaired) electrons. The number of alkyl halides is 11. The van der Waals surface area contributed by atoms with Crippen LogP contribution in [0.5, 0.6) is 17.2 Å². The number of nitrogens with two attached hydrogens (primary N) is 1. The average molecular weight is 1580 g/mol. The summed E-state index contributed by atoms with van der Waals surface area (Å²) in [4.78, 5) is 77.9. The Balaban J connectivity index is 0.000000351. The zero-order chi connectivity index (χ0) is 77.6. The maximum absolute atomic E-state index is 13.0. The second kappa shape index (κ2) is 41.5. The number of aromatic hydroxyl groups is 1. The number of fused-ring (bicyclic) bond motifs is 1. The van der Waals surface area contributed by atoms with Crippen LogP contribution < -0.4 is 31.2 Å². The number of benzene rings is 8. The third-order valence-electron chi connectivity index (χ3n) is 12.3. The fraction of sp³-hybridized carbons (Fsp3) is 0.171. The molecule has 0 spiro atoms. The predicted octanol–water partition coefficient (Wildman–Crippen LogP) is 20.2. The molecule has 1 aromatic heterocycles. The minimum Gasteiger partial charge on any atom is -0.508 e. The molecule has 9 rings (SSSR count). The molecule has 0 atom stereocenters. The Kier molecular flexibility index (Phi) is 35.4. The van der Waals surface area contributed by atoms with Crippen LogP contribution in [0.3, 0.4) is 0 Å². The molecule has 9 aromatic rings. The third kappa shape index (κ3) is 30.9. The second-order valence-electron chi connectivity index (χ2n) is 21.3. The first kappa shape index (κ1) is 87.7. The van der Waals surface area contributed by atoms with Crippen molar-refractivity contribution >= 4 is 163 Å². The molecule has 7 N–H and O–H groups in total. The number of phenols is 1. The summed E-state index contributed by atoms with van der Waals surface area (Å²) in [5.74, 6) is -0.853. The van der Waals surface area contributed by atoms with Crippen LogP contribution in [0.15, 0.2) is 176 Å². The maximum Gasteiger partial charge on any atom is 0.419 e. The van der Waals surface area contributed by atoms with Gasteiger partial charge < -0.3 is 46.4 Å². The Hall–Kier alpha value is -9.54. The van der Waals surface area contributed by atoms with Crippen molar-refractivity contribution in [2.24, 2.45) is 0 Å². The van der Waals surface area contributed by atoms with Gasteiger partial charge in [0.1, 0.15) is 41.3 Å². The fourth-order valence-electron chi connectivity index (χ4n) is 7.80. The number of amides is 3. The first-order valence-corrected chi connectivity index (χ1v) is 31.9. The molecule has 103 heavy (non-hydrogen) atoms. The van der Waals surface area contributed by atoms with Crippen LogP contribution in [0.25, 0.3) is 22.2 Å². The Morgan fingerprint density at radius 3 is 1.32 bits per heavy atom. The number of anilines is 4. The number of aryl methyl sites for hydroxylation is 1. The number of phenolic OH excluding ortho intramolecular Hbond substituents is 1. The molecular formula is C70H60Cl7F9N6O11. The number of carbonyl (C=O) groups is 7. The molecule has 1 heterocycles. The molecular weight excluding hydrogens is 1520 g/mol. The highest BCUT2D eigenvalue weighted by molar-refractivity contribution is 6.67. The van der Waals surface area contributed by atoms with E-state index in [0.29, 0.717) is 45.3 Å². The number of para-hydroxylation sites is 1. The predicted molar refractivity (Wildman–Crippen MR) is 383 cm³/mol. The fourth-order valence-corrected chi connectivity index (χ4v) is 8.66. The number of aldehydes is 2. The number of hydrogen-bond acceptors (Lipinski definition) is 13. The zero-order valence-electron chi connectivity index (χ0n) is 54.0. The Labute approximate surface area is 618 Å². The topological polar surface area (TPSA) is 258 Å². The molecule has 17 nitrogen and oxygen atoms in total. The van der Waals surface area contributed by atoms with Gasteiger partial charge in [-0.05, 0) is 215 Å². The number of ether oxygens (including phenoxy) is 3. The van der Waals surface area contributed by atoms with Crippen LogP contribution in [0, 0.1) is 12.3 Å². The summed E-state index contributed by atoms with van der Waals surface area (Å²) in [5.41, 5.74) is 6.48. The minimum atomic E-state index is -4.62. The number of nitrogens with zero attached hydrogens (tertiary/aromatic N) is 1. The number of carbonyl (C=O) groups excluding carboxylic acids is 7. The minimum absolute atomic E-state index is 0.00220. The van der Waals surface area contributed by atoms with Crippen LogP contribution in [0.4, 0.5) is 67.1 Å². The molecule has 0 aliphatic carbocycles. The van der Waals surface area contributed by atoms with Crippen molar-refractivity contribution in [3.63, 3.8) is 0 Å². The van der Waals surface area contributed by atoms with Gasteiger partial charge in [-0.1, -0.05) is 64.6 Å². The molecule has 33 heteroatoms. The van der Waals surface area contributed by atoms with Crippen LogP contribution >= 0.6 is 81.2 Å². The van der Waals surface area contributed by atoms with E-state index in [1.54, 1.807) is 47.0 Å². The van der Waals surface area contributed by atoms with Crippen molar-refractivity contribution in [3.8, 4) is 28.5 Å². The van der Waals surface area contributed by atoms with Crippen molar-refractivity contribution < 1.29 is 92.4 Å². The molecule has 3 amide bonds. The highest BCUT2D eigenvalue weighted by Crippen LogP contribution is 2.39. The monoisotopic (exact) mass is 1580 g/mol. The first-order chi connectivity index (χ1) is 48.2. The lowest BCUT2D eigenvalue weighted by Gasteiger charge is -2.21. The van der Waals surface area contributed by atoms with Crippen molar-refractivity contribution in [1.82, 2.24) is 4.57 Å². The average Bonchev–Trinajstić information content (AvgIpc) is 1.63. The summed E-state index contributed by atoms with van der Waals surface area (Å²) >= 11 is 37.0. The van der Waals surface area contributed by atoms with E-state index >= 15 is 0 Å². The highest BCUT2D eigenvalue weighted by Gasteiger charge is 2.35. The van der Waals surface area contributed by atoms with Gasteiger partial charge in [0.25, 0.3) is 11.8 Å². The molecule has 0 saturated carbocycles. The van der Waals surface area contributed by atoms with Gasteiger partial charge in [-0.25, -0.2) is 9.36 Å². The van der Waals surface area contributed by atoms with E-state index in [4.69, 9.17) is 112 Å². The Bertz CT molecular complexity index is 4330. The van der Waals surface area contributed by atoms with Crippen molar-refractivity contribution in [3.05, 3.63) is 229 Å². The summed E-state index contributed by atoms with van der Waals surface area (Å²) in [7, 11) is 0. The van der Waals surface area contributed by atoms with Gasteiger partial charge in [-0.15, -0.1) is 23.2 Å². The lowest BCUT2D eigenvalue weighted by Crippen LogP contribution is -2.27. The van der Waals surface area contributed by atoms with Crippen molar-refractivity contribution in [2.45, 2.75) is 51.8 Å². The maximum atomic E-state index is 13.0. The summed E-state index contributed by atoms with van der Waals surface area (Å²) in [6.45, 7) is 9.35. The number of nitrogens with one attached hydrogen (secondary N) is 4. The lowest BCUT2D eigenvalue weighted by atomic mass is 10.1. The van der Waals surface area contributed by atoms with E-state index in [-0.39, 0.29) is 52.1 Å². The quantitative estimate of drug-likeness (QED) is 0.0148. The van der Waals surface area contributed by atoms with Gasteiger partial charge in [0.2, 0.25) is 11.1 Å². The molecule has 0 saturated heterocycles. The van der Waals surface area contributed by atoms with E-state index in [1.807, 2.05) is 70.2 Å². The van der Waals surface area contributed by atoms with E-state index in [1.165, 1.54) is 54.6 Å². The molecule has 0 aliphatic rings. The highest BCUT2D eigenvalue weighted by atomic mass is 35.5. The number of rotatable bonds is 14.